The molecule has 7 heteroatoms. The van der Waals surface area contributed by atoms with Gasteiger partial charge in [-0.05, 0) is 26.2 Å². The third-order valence-electron chi connectivity index (χ3n) is 4.03. The van der Waals surface area contributed by atoms with Crippen LogP contribution in [0, 0.1) is 6.92 Å². The van der Waals surface area contributed by atoms with Crippen molar-refractivity contribution in [2.45, 2.75) is 45.1 Å². The third-order valence-corrected chi connectivity index (χ3v) is 4.03. The Morgan fingerprint density at radius 3 is 2.67 bits per heavy atom. The monoisotopic (exact) mass is 289 g/mol. The van der Waals surface area contributed by atoms with Crippen molar-refractivity contribution in [1.29, 1.82) is 0 Å². The van der Waals surface area contributed by atoms with E-state index in [2.05, 4.69) is 15.3 Å². The van der Waals surface area contributed by atoms with Crippen molar-refractivity contribution < 1.29 is 9.59 Å². The van der Waals surface area contributed by atoms with E-state index in [0.29, 0.717) is 24.0 Å². The zero-order valence-corrected chi connectivity index (χ0v) is 12.2. The van der Waals surface area contributed by atoms with Crippen molar-refractivity contribution in [3.8, 4) is 0 Å². The van der Waals surface area contributed by atoms with Crippen LogP contribution < -0.4 is 16.0 Å². The molecule has 1 saturated heterocycles. The summed E-state index contributed by atoms with van der Waals surface area (Å²) in [6, 6.07) is -0.400. The van der Waals surface area contributed by atoms with E-state index in [0.717, 1.165) is 24.2 Å². The summed E-state index contributed by atoms with van der Waals surface area (Å²) < 4.78 is 0. The molecular weight excluding hydrogens is 270 g/mol. The van der Waals surface area contributed by atoms with Gasteiger partial charge in [0.15, 0.2) is 0 Å². The van der Waals surface area contributed by atoms with E-state index in [1.807, 2.05) is 13.8 Å². The molecule has 1 saturated carbocycles. The molecule has 3 rings (SSSR count). The maximum atomic E-state index is 12.0. The van der Waals surface area contributed by atoms with Gasteiger partial charge in [0.05, 0.1) is 6.54 Å². The fraction of sp³-hybridized carbons (Fsp3) is 0.571. The van der Waals surface area contributed by atoms with E-state index in [-0.39, 0.29) is 18.4 Å². The van der Waals surface area contributed by atoms with Crippen LogP contribution in [0.2, 0.25) is 0 Å². The highest BCUT2D eigenvalue weighted by Gasteiger charge is 2.36. The number of nitrogen functional groups attached to an aromatic ring is 1. The Kier molecular flexibility index (Phi) is 3.27. The molecule has 2 heterocycles. The molecule has 0 spiro atoms. The second-order valence-corrected chi connectivity index (χ2v) is 5.65. The number of piperazine rings is 1. The summed E-state index contributed by atoms with van der Waals surface area (Å²) in [7, 11) is 0. The number of amides is 2. The second kappa shape index (κ2) is 4.98. The fourth-order valence-electron chi connectivity index (χ4n) is 2.64. The average molecular weight is 289 g/mol. The van der Waals surface area contributed by atoms with Crippen LogP contribution in [-0.4, -0.2) is 34.4 Å². The number of aromatic nitrogens is 2. The Morgan fingerprint density at radius 1 is 1.33 bits per heavy atom. The van der Waals surface area contributed by atoms with Crippen LogP contribution in [-0.2, 0) is 9.59 Å². The van der Waals surface area contributed by atoms with Crippen LogP contribution in [0.5, 0.6) is 0 Å². The molecule has 0 radical (unpaired) electrons. The molecule has 2 amide bonds. The minimum absolute atomic E-state index is 0.117. The Hall–Kier alpha value is -2.18. The molecule has 7 nitrogen and oxygen atoms in total. The Bertz CT molecular complexity index is 612. The van der Waals surface area contributed by atoms with E-state index in [4.69, 9.17) is 5.73 Å². The van der Waals surface area contributed by atoms with E-state index < -0.39 is 6.04 Å². The number of anilines is 2. The lowest BCUT2D eigenvalue weighted by Gasteiger charge is -2.35. The van der Waals surface area contributed by atoms with Gasteiger partial charge in [-0.2, -0.15) is 0 Å². The molecule has 1 unspecified atom stereocenters. The lowest BCUT2D eigenvalue weighted by atomic mass is 10.1. The normalized spacial score (nSPS) is 22.4. The molecule has 0 aromatic carbocycles. The van der Waals surface area contributed by atoms with E-state index in [1.54, 1.807) is 4.90 Å². The zero-order chi connectivity index (χ0) is 15.1. The van der Waals surface area contributed by atoms with Crippen molar-refractivity contribution in [3.05, 3.63) is 11.4 Å². The first-order chi connectivity index (χ1) is 10.0. The summed E-state index contributed by atoms with van der Waals surface area (Å²) in [5, 5.41) is 2.37. The molecule has 21 heavy (non-hydrogen) atoms. The summed E-state index contributed by atoms with van der Waals surface area (Å²) in [4.78, 5) is 34.4. The smallest absolute Gasteiger partial charge is 0.249 e. The third kappa shape index (κ3) is 2.43. The Morgan fingerprint density at radius 2 is 2.05 bits per heavy atom. The molecule has 1 aliphatic heterocycles. The number of carbonyl (C=O) groups excluding carboxylic acids is 2. The molecule has 112 valence electrons. The Labute approximate surface area is 122 Å². The first-order valence-electron chi connectivity index (χ1n) is 7.25. The lowest BCUT2D eigenvalue weighted by molar-refractivity contribution is -0.132. The van der Waals surface area contributed by atoms with Gasteiger partial charge in [-0.25, -0.2) is 9.97 Å². The number of nitrogens with two attached hydrogens (primary N) is 1. The predicted molar refractivity (Wildman–Crippen MR) is 77.7 cm³/mol. The van der Waals surface area contributed by atoms with Crippen molar-refractivity contribution in [2.75, 3.05) is 17.2 Å². The topological polar surface area (TPSA) is 101 Å². The number of imide groups is 1. The molecule has 2 fully saturated rings. The van der Waals surface area contributed by atoms with Gasteiger partial charge in [0.25, 0.3) is 0 Å². The van der Waals surface area contributed by atoms with E-state index in [1.165, 1.54) is 0 Å². The number of hydrogen-bond acceptors (Lipinski definition) is 6. The maximum Gasteiger partial charge on any atom is 0.249 e. The van der Waals surface area contributed by atoms with Gasteiger partial charge in [0, 0.05) is 11.5 Å². The summed E-state index contributed by atoms with van der Waals surface area (Å²) in [5.74, 6) is 1.53. The summed E-state index contributed by atoms with van der Waals surface area (Å²) >= 11 is 0. The highest BCUT2D eigenvalue weighted by Crippen LogP contribution is 2.40. The number of nitrogens with zero attached hydrogens (tertiary/aromatic N) is 3. The Balaban J connectivity index is 2.04. The predicted octanol–water partition coefficient (Wildman–Crippen LogP) is 0.486. The molecule has 1 aromatic rings. The number of hydrogen-bond donors (Lipinski definition) is 2. The van der Waals surface area contributed by atoms with Gasteiger partial charge >= 0.3 is 0 Å². The quantitative estimate of drug-likeness (QED) is 0.785. The van der Waals surface area contributed by atoms with E-state index >= 15 is 0 Å². The largest absolute Gasteiger partial charge is 0.383 e. The van der Waals surface area contributed by atoms with Crippen LogP contribution in [0.25, 0.3) is 0 Å². The molecule has 2 aliphatic rings. The number of rotatable bonds is 3. The minimum atomic E-state index is -0.400. The zero-order valence-electron chi connectivity index (χ0n) is 12.2. The van der Waals surface area contributed by atoms with Crippen LogP contribution in [0.3, 0.4) is 0 Å². The highest BCUT2D eigenvalue weighted by molar-refractivity contribution is 6.04. The van der Waals surface area contributed by atoms with Gasteiger partial charge in [0.1, 0.15) is 23.5 Å². The number of nitrogens with one attached hydrogen (secondary N) is 1. The van der Waals surface area contributed by atoms with Gasteiger partial charge in [0.2, 0.25) is 11.8 Å². The van der Waals surface area contributed by atoms with Crippen LogP contribution >= 0.6 is 0 Å². The number of carbonyl (C=O) groups is 2. The molecule has 3 N–H and O–H groups in total. The molecule has 1 atom stereocenters. The first kappa shape index (κ1) is 13.8. The van der Waals surface area contributed by atoms with Gasteiger partial charge in [-0.1, -0.05) is 6.92 Å². The summed E-state index contributed by atoms with van der Waals surface area (Å²) in [6.45, 7) is 3.85. The van der Waals surface area contributed by atoms with Crippen molar-refractivity contribution in [2.24, 2.45) is 0 Å². The molecule has 1 aliphatic carbocycles. The summed E-state index contributed by atoms with van der Waals surface area (Å²) in [6.07, 6.45) is 2.73. The van der Waals surface area contributed by atoms with Gasteiger partial charge in [-0.15, -0.1) is 0 Å². The van der Waals surface area contributed by atoms with Crippen LogP contribution in [0.1, 0.15) is 43.5 Å². The van der Waals surface area contributed by atoms with Crippen LogP contribution in [0.15, 0.2) is 0 Å². The van der Waals surface area contributed by atoms with Crippen molar-refractivity contribution >= 4 is 23.5 Å². The van der Waals surface area contributed by atoms with Crippen molar-refractivity contribution in [1.82, 2.24) is 15.3 Å². The SMILES string of the molecule is CCC1C(=O)NC(=O)CN1c1nc(C2CC2)nc(N)c1C. The lowest BCUT2D eigenvalue weighted by Crippen LogP contribution is -2.58. The fourth-order valence-corrected chi connectivity index (χ4v) is 2.64. The van der Waals surface area contributed by atoms with Crippen LogP contribution in [0.4, 0.5) is 11.6 Å². The second-order valence-electron chi connectivity index (χ2n) is 5.65. The van der Waals surface area contributed by atoms with Gasteiger partial charge in [-0.3, -0.25) is 14.9 Å². The minimum Gasteiger partial charge on any atom is -0.383 e. The molecule has 1 aromatic heterocycles. The first-order valence-corrected chi connectivity index (χ1v) is 7.25. The van der Waals surface area contributed by atoms with Crippen molar-refractivity contribution in [3.63, 3.8) is 0 Å². The average Bonchev–Trinajstić information content (AvgIpc) is 3.25. The maximum absolute atomic E-state index is 12.0. The molecular formula is C14H19N5O2. The molecule has 0 bridgehead atoms. The van der Waals surface area contributed by atoms with Gasteiger partial charge < -0.3 is 10.6 Å². The highest BCUT2D eigenvalue weighted by atomic mass is 16.2. The summed E-state index contributed by atoms with van der Waals surface area (Å²) in [5.41, 5.74) is 6.71. The van der Waals surface area contributed by atoms with E-state index in [9.17, 15) is 9.59 Å². The standard InChI is InChI=1S/C14H19N5O2/c1-3-9-14(21)16-10(20)6-19(9)13-7(2)11(15)17-12(18-13)8-4-5-8/h8-9H,3-6H2,1-2H3,(H2,15,17,18)(H,16,20,21).